The molecule has 1 aromatic heterocycles. The molecule has 0 aliphatic rings. The number of halogens is 3. The molecular formula is C14H17F3N2. The first-order chi connectivity index (χ1) is 8.97. The number of hydrogen-bond acceptors (Lipinski definition) is 1. The third kappa shape index (κ3) is 2.76. The van der Waals surface area contributed by atoms with Crippen LogP contribution in [0.5, 0.6) is 0 Å². The summed E-state index contributed by atoms with van der Waals surface area (Å²) in [6.07, 6.45) is -1.76. The summed E-state index contributed by atoms with van der Waals surface area (Å²) in [4.78, 5) is 0. The number of benzene rings is 1. The van der Waals surface area contributed by atoms with Crippen LogP contribution in [0, 0.1) is 5.92 Å². The minimum absolute atomic E-state index is 0.124. The van der Waals surface area contributed by atoms with E-state index in [4.69, 9.17) is 5.73 Å². The Labute approximate surface area is 110 Å². The molecule has 1 aromatic carbocycles. The number of fused-ring (bicyclic) bond motifs is 1. The lowest BCUT2D eigenvalue weighted by atomic mass is 10.1. The van der Waals surface area contributed by atoms with Crippen LogP contribution in [0.2, 0.25) is 0 Å². The standard InChI is InChI=1S/C14H17F3N2/c1-2-10-4-3-5-11-6-7-19(13(10)11)9-12(8-18)14(15,16)17/h3-7,12H,2,8-9,18H2,1H3. The first-order valence-corrected chi connectivity index (χ1v) is 6.31. The molecule has 19 heavy (non-hydrogen) atoms. The van der Waals surface area contributed by atoms with E-state index in [-0.39, 0.29) is 6.54 Å². The van der Waals surface area contributed by atoms with Crippen LogP contribution < -0.4 is 5.73 Å². The highest BCUT2D eigenvalue weighted by Gasteiger charge is 2.38. The van der Waals surface area contributed by atoms with Crippen molar-refractivity contribution in [3.63, 3.8) is 0 Å². The van der Waals surface area contributed by atoms with E-state index in [1.165, 1.54) is 0 Å². The van der Waals surface area contributed by atoms with E-state index >= 15 is 0 Å². The van der Waals surface area contributed by atoms with Gasteiger partial charge in [-0.2, -0.15) is 13.2 Å². The van der Waals surface area contributed by atoms with Gasteiger partial charge in [0.25, 0.3) is 0 Å². The van der Waals surface area contributed by atoms with Crippen molar-refractivity contribution < 1.29 is 13.2 Å². The second kappa shape index (κ2) is 5.25. The number of para-hydroxylation sites is 1. The summed E-state index contributed by atoms with van der Waals surface area (Å²) in [6.45, 7) is 1.48. The van der Waals surface area contributed by atoms with E-state index in [0.717, 1.165) is 22.9 Å². The molecule has 0 spiro atoms. The number of nitrogens with two attached hydrogens (primary N) is 1. The molecule has 0 aliphatic carbocycles. The summed E-state index contributed by atoms with van der Waals surface area (Å²) < 4.78 is 40.1. The van der Waals surface area contributed by atoms with Gasteiger partial charge < -0.3 is 10.3 Å². The first-order valence-electron chi connectivity index (χ1n) is 6.31. The van der Waals surface area contributed by atoms with Crippen molar-refractivity contribution in [3.05, 3.63) is 36.0 Å². The molecule has 0 radical (unpaired) electrons. The van der Waals surface area contributed by atoms with Crippen LogP contribution in [-0.4, -0.2) is 17.3 Å². The molecule has 0 aliphatic heterocycles. The second-order valence-electron chi connectivity index (χ2n) is 4.65. The summed E-state index contributed by atoms with van der Waals surface area (Å²) >= 11 is 0. The maximum absolute atomic E-state index is 12.8. The van der Waals surface area contributed by atoms with Crippen molar-refractivity contribution in [2.45, 2.75) is 26.1 Å². The number of alkyl halides is 3. The predicted octanol–water partition coefficient (Wildman–Crippen LogP) is 3.34. The molecule has 0 saturated carbocycles. The predicted molar refractivity (Wildman–Crippen MR) is 69.9 cm³/mol. The topological polar surface area (TPSA) is 30.9 Å². The molecule has 1 atom stereocenters. The third-order valence-electron chi connectivity index (χ3n) is 3.42. The van der Waals surface area contributed by atoms with Gasteiger partial charge in [0.15, 0.2) is 0 Å². The normalized spacial score (nSPS) is 13.9. The Morgan fingerprint density at radius 3 is 2.58 bits per heavy atom. The zero-order chi connectivity index (χ0) is 14.0. The number of hydrogen-bond donors (Lipinski definition) is 1. The third-order valence-corrected chi connectivity index (χ3v) is 3.42. The van der Waals surface area contributed by atoms with Gasteiger partial charge in [0.1, 0.15) is 0 Å². The van der Waals surface area contributed by atoms with Gasteiger partial charge in [-0.05, 0) is 23.4 Å². The maximum atomic E-state index is 12.8. The van der Waals surface area contributed by atoms with Crippen molar-refractivity contribution in [1.82, 2.24) is 4.57 Å². The van der Waals surface area contributed by atoms with Crippen LogP contribution in [-0.2, 0) is 13.0 Å². The van der Waals surface area contributed by atoms with E-state index in [2.05, 4.69) is 0 Å². The lowest BCUT2D eigenvalue weighted by molar-refractivity contribution is -0.174. The molecule has 2 nitrogen and oxygen atoms in total. The van der Waals surface area contributed by atoms with E-state index in [0.29, 0.717) is 0 Å². The van der Waals surface area contributed by atoms with E-state index in [9.17, 15) is 13.2 Å². The van der Waals surface area contributed by atoms with Gasteiger partial charge in [-0.15, -0.1) is 0 Å². The van der Waals surface area contributed by atoms with Gasteiger partial charge >= 0.3 is 6.18 Å². The van der Waals surface area contributed by atoms with E-state index in [1.807, 2.05) is 31.2 Å². The molecule has 0 bridgehead atoms. The lowest BCUT2D eigenvalue weighted by Gasteiger charge is -2.20. The van der Waals surface area contributed by atoms with Crippen molar-refractivity contribution >= 4 is 10.9 Å². The Morgan fingerprint density at radius 2 is 2.00 bits per heavy atom. The number of aromatic nitrogens is 1. The highest BCUT2D eigenvalue weighted by Crippen LogP contribution is 2.29. The SMILES string of the molecule is CCc1cccc2ccn(CC(CN)C(F)(F)F)c12. The van der Waals surface area contributed by atoms with Crippen molar-refractivity contribution in [2.24, 2.45) is 11.7 Å². The fourth-order valence-electron chi connectivity index (χ4n) is 2.33. The molecule has 0 amide bonds. The smallest absolute Gasteiger partial charge is 0.347 e. The van der Waals surface area contributed by atoms with E-state index < -0.39 is 18.6 Å². The summed E-state index contributed by atoms with van der Waals surface area (Å²) in [6, 6.07) is 7.63. The fourth-order valence-corrected chi connectivity index (χ4v) is 2.33. The Morgan fingerprint density at radius 1 is 1.26 bits per heavy atom. The Hall–Kier alpha value is -1.49. The summed E-state index contributed by atoms with van der Waals surface area (Å²) in [5.41, 5.74) is 7.19. The van der Waals surface area contributed by atoms with Crippen molar-refractivity contribution in [2.75, 3.05) is 6.54 Å². The maximum Gasteiger partial charge on any atom is 0.394 e. The summed E-state index contributed by atoms with van der Waals surface area (Å²) in [5, 5.41) is 0.970. The Balaban J connectivity index is 2.40. The van der Waals surface area contributed by atoms with Crippen LogP contribution in [0.1, 0.15) is 12.5 Å². The van der Waals surface area contributed by atoms with E-state index in [1.54, 1.807) is 10.8 Å². The lowest BCUT2D eigenvalue weighted by Crippen LogP contribution is -2.33. The number of rotatable bonds is 4. The summed E-state index contributed by atoms with van der Waals surface area (Å²) in [7, 11) is 0. The van der Waals surface area contributed by atoms with Gasteiger partial charge in [0.2, 0.25) is 0 Å². The van der Waals surface area contributed by atoms with Crippen molar-refractivity contribution in [1.29, 1.82) is 0 Å². The van der Waals surface area contributed by atoms with Gasteiger partial charge in [-0.3, -0.25) is 0 Å². The average molecular weight is 270 g/mol. The number of aryl methyl sites for hydroxylation is 1. The Bertz CT molecular complexity index is 557. The first kappa shape index (κ1) is 13.9. The zero-order valence-corrected chi connectivity index (χ0v) is 10.7. The van der Waals surface area contributed by atoms with Crippen LogP contribution >= 0.6 is 0 Å². The van der Waals surface area contributed by atoms with Crippen molar-refractivity contribution in [3.8, 4) is 0 Å². The highest BCUT2D eigenvalue weighted by molar-refractivity contribution is 5.83. The molecule has 1 unspecified atom stereocenters. The molecule has 5 heteroatoms. The summed E-state index contributed by atoms with van der Waals surface area (Å²) in [5.74, 6) is -1.51. The van der Waals surface area contributed by atoms with Crippen LogP contribution in [0.3, 0.4) is 0 Å². The number of nitrogens with zero attached hydrogens (tertiary/aromatic N) is 1. The van der Waals surface area contributed by atoms with Gasteiger partial charge in [-0.25, -0.2) is 0 Å². The van der Waals surface area contributed by atoms with Crippen LogP contribution in [0.4, 0.5) is 13.2 Å². The molecule has 2 aromatic rings. The monoisotopic (exact) mass is 270 g/mol. The molecule has 104 valence electrons. The van der Waals surface area contributed by atoms with Gasteiger partial charge in [-0.1, -0.05) is 25.1 Å². The molecule has 0 fully saturated rings. The molecule has 0 saturated heterocycles. The highest BCUT2D eigenvalue weighted by atomic mass is 19.4. The quantitative estimate of drug-likeness (QED) is 0.907. The molecule has 1 heterocycles. The van der Waals surface area contributed by atoms with Gasteiger partial charge in [0.05, 0.1) is 11.4 Å². The second-order valence-corrected chi connectivity index (χ2v) is 4.65. The zero-order valence-electron chi connectivity index (χ0n) is 10.7. The molecule has 2 rings (SSSR count). The van der Waals surface area contributed by atoms with Crippen LogP contribution in [0.25, 0.3) is 10.9 Å². The molecule has 2 N–H and O–H groups in total. The minimum Gasteiger partial charge on any atom is -0.347 e. The average Bonchev–Trinajstić information content (AvgIpc) is 2.77. The van der Waals surface area contributed by atoms with Gasteiger partial charge in [0, 0.05) is 19.3 Å². The Kier molecular flexibility index (Phi) is 3.85. The largest absolute Gasteiger partial charge is 0.394 e. The fraction of sp³-hybridized carbons (Fsp3) is 0.429. The minimum atomic E-state index is -4.26. The molecular weight excluding hydrogens is 253 g/mol. The van der Waals surface area contributed by atoms with Crippen LogP contribution in [0.15, 0.2) is 30.5 Å².